The lowest BCUT2D eigenvalue weighted by atomic mass is 9.97. The van der Waals surface area contributed by atoms with Gasteiger partial charge in [-0.1, -0.05) is 0 Å². The number of urea groups is 1. The molecule has 1 N–H and O–H groups in total. The van der Waals surface area contributed by atoms with E-state index in [9.17, 15) is 9.59 Å². The number of ether oxygens (including phenoxy) is 1. The van der Waals surface area contributed by atoms with E-state index in [-0.39, 0.29) is 30.1 Å². The molecule has 0 saturated carbocycles. The maximum absolute atomic E-state index is 13.0. The van der Waals surface area contributed by atoms with Crippen molar-refractivity contribution in [1.82, 2.24) is 20.0 Å². The van der Waals surface area contributed by atoms with Gasteiger partial charge in [0.2, 0.25) is 0 Å². The highest BCUT2D eigenvalue weighted by Gasteiger charge is 2.31. The number of hydrogen-bond acceptors (Lipinski definition) is 5. The van der Waals surface area contributed by atoms with Gasteiger partial charge in [-0.25, -0.2) is 9.59 Å². The van der Waals surface area contributed by atoms with Gasteiger partial charge in [0, 0.05) is 32.2 Å². The van der Waals surface area contributed by atoms with Gasteiger partial charge in [-0.2, -0.15) is 0 Å². The molecule has 8 nitrogen and oxygen atoms in total. The molecule has 0 bridgehead atoms. The van der Waals surface area contributed by atoms with Crippen molar-refractivity contribution in [3.05, 3.63) is 24.2 Å². The van der Waals surface area contributed by atoms with Crippen LogP contribution in [0.3, 0.4) is 0 Å². The number of carbonyl (C=O) groups is 2. The normalized spacial score (nSPS) is 20.7. The molecule has 0 unspecified atom stereocenters. The lowest BCUT2D eigenvalue weighted by Crippen LogP contribution is -2.51. The van der Waals surface area contributed by atoms with Crippen molar-refractivity contribution in [3.63, 3.8) is 0 Å². The molecule has 2 aliphatic heterocycles. The second-order valence-corrected chi connectivity index (χ2v) is 10.6. The standard InChI is InChI=1S/C25H42N4O4/c1-19(2)29(24(31)33-25(3,4)5)18-20-10-8-14-28(17-20)23(30)26-16-21(22-11-9-15-32-22)27-12-6-7-13-27/h9,11,15,19-21H,6-8,10,12-14,16-18H2,1-5H3,(H,26,30)/t20-,21-/m1/s1. The average Bonchev–Trinajstić information content (AvgIpc) is 3.45. The SMILES string of the molecule is CC(C)N(C[C@@H]1CCCN(C(=O)NC[C@H](c2ccco2)N2CCCC2)C1)C(=O)OC(C)(C)C. The smallest absolute Gasteiger partial charge is 0.410 e. The summed E-state index contributed by atoms with van der Waals surface area (Å²) in [5.74, 6) is 1.14. The molecular weight excluding hydrogens is 420 g/mol. The minimum atomic E-state index is -0.525. The number of nitrogens with zero attached hydrogens (tertiary/aromatic N) is 3. The van der Waals surface area contributed by atoms with Crippen molar-refractivity contribution in [2.75, 3.05) is 39.3 Å². The zero-order chi connectivity index (χ0) is 24.0. The third kappa shape index (κ3) is 7.39. The first-order valence-corrected chi connectivity index (χ1v) is 12.4. The number of rotatable bonds is 7. The zero-order valence-corrected chi connectivity index (χ0v) is 21.0. The fourth-order valence-corrected chi connectivity index (χ4v) is 4.73. The Morgan fingerprint density at radius 3 is 2.55 bits per heavy atom. The predicted molar refractivity (Wildman–Crippen MR) is 128 cm³/mol. The minimum Gasteiger partial charge on any atom is -0.468 e. The van der Waals surface area contributed by atoms with E-state index in [1.165, 1.54) is 12.8 Å². The summed E-state index contributed by atoms with van der Waals surface area (Å²) in [4.78, 5) is 31.8. The van der Waals surface area contributed by atoms with Gasteiger partial charge >= 0.3 is 12.1 Å². The summed E-state index contributed by atoms with van der Waals surface area (Å²) in [6.45, 7) is 14.2. The van der Waals surface area contributed by atoms with E-state index in [0.29, 0.717) is 19.6 Å². The lowest BCUT2D eigenvalue weighted by molar-refractivity contribution is 0.0131. The van der Waals surface area contributed by atoms with Crippen molar-refractivity contribution in [1.29, 1.82) is 0 Å². The Morgan fingerprint density at radius 2 is 1.94 bits per heavy atom. The Kier molecular flexibility index (Phi) is 8.68. The summed E-state index contributed by atoms with van der Waals surface area (Å²) in [5.41, 5.74) is -0.525. The van der Waals surface area contributed by atoms with Crippen LogP contribution < -0.4 is 5.32 Å². The van der Waals surface area contributed by atoms with Gasteiger partial charge < -0.3 is 24.3 Å². The van der Waals surface area contributed by atoms with Crippen molar-refractivity contribution in [3.8, 4) is 0 Å². The molecular formula is C25H42N4O4. The molecule has 1 aromatic heterocycles. The maximum atomic E-state index is 13.0. The van der Waals surface area contributed by atoms with Crippen LogP contribution in [-0.4, -0.2) is 77.7 Å². The second-order valence-electron chi connectivity index (χ2n) is 10.6. The average molecular weight is 463 g/mol. The van der Waals surface area contributed by atoms with Crippen LogP contribution in [0.25, 0.3) is 0 Å². The summed E-state index contributed by atoms with van der Waals surface area (Å²) in [7, 11) is 0. The van der Waals surface area contributed by atoms with Crippen molar-refractivity contribution < 1.29 is 18.7 Å². The highest BCUT2D eigenvalue weighted by Crippen LogP contribution is 2.25. The number of piperidine rings is 1. The summed E-state index contributed by atoms with van der Waals surface area (Å²) in [5, 5.41) is 3.15. The summed E-state index contributed by atoms with van der Waals surface area (Å²) in [6, 6.07) is 3.96. The number of furan rings is 1. The minimum absolute atomic E-state index is 0.0381. The van der Waals surface area contributed by atoms with Gasteiger partial charge in [-0.15, -0.1) is 0 Å². The first kappa shape index (κ1) is 25.4. The maximum Gasteiger partial charge on any atom is 0.410 e. The molecule has 2 saturated heterocycles. The van der Waals surface area contributed by atoms with Crippen LogP contribution in [0.5, 0.6) is 0 Å². The third-order valence-electron chi connectivity index (χ3n) is 6.41. The Hall–Kier alpha value is -2.22. The first-order chi connectivity index (χ1) is 15.6. The number of amides is 3. The second kappa shape index (κ2) is 11.3. The Bertz CT molecular complexity index is 753. The van der Waals surface area contributed by atoms with Gasteiger partial charge in [-0.05, 0) is 91.4 Å². The molecule has 186 valence electrons. The van der Waals surface area contributed by atoms with Crippen LogP contribution in [0, 0.1) is 5.92 Å². The Morgan fingerprint density at radius 1 is 1.21 bits per heavy atom. The van der Waals surface area contributed by atoms with Gasteiger partial charge in [0.15, 0.2) is 0 Å². The molecule has 0 radical (unpaired) electrons. The molecule has 3 rings (SSSR count). The Labute approximate surface area is 198 Å². The molecule has 2 fully saturated rings. The molecule has 33 heavy (non-hydrogen) atoms. The van der Waals surface area contributed by atoms with E-state index >= 15 is 0 Å². The number of likely N-dealkylation sites (tertiary alicyclic amines) is 2. The quantitative estimate of drug-likeness (QED) is 0.646. The van der Waals surface area contributed by atoms with E-state index in [2.05, 4.69) is 10.2 Å². The lowest BCUT2D eigenvalue weighted by Gasteiger charge is -2.37. The fourth-order valence-electron chi connectivity index (χ4n) is 4.73. The van der Waals surface area contributed by atoms with Gasteiger partial charge in [0.1, 0.15) is 11.4 Å². The van der Waals surface area contributed by atoms with Crippen LogP contribution in [0.4, 0.5) is 9.59 Å². The van der Waals surface area contributed by atoms with E-state index in [4.69, 9.17) is 9.15 Å². The van der Waals surface area contributed by atoms with Crippen molar-refractivity contribution in [2.24, 2.45) is 5.92 Å². The first-order valence-electron chi connectivity index (χ1n) is 12.4. The largest absolute Gasteiger partial charge is 0.468 e. The van der Waals surface area contributed by atoms with Crippen LogP contribution in [0.2, 0.25) is 0 Å². The number of carbonyl (C=O) groups excluding carboxylic acids is 2. The topological polar surface area (TPSA) is 78.3 Å². The molecule has 0 aromatic carbocycles. The van der Waals surface area contributed by atoms with Crippen LogP contribution in [0.15, 0.2) is 22.8 Å². The predicted octanol–water partition coefficient (Wildman–Crippen LogP) is 4.48. The van der Waals surface area contributed by atoms with E-state index in [0.717, 1.165) is 38.2 Å². The number of nitrogens with one attached hydrogen (secondary N) is 1. The zero-order valence-electron chi connectivity index (χ0n) is 21.0. The van der Waals surface area contributed by atoms with Crippen molar-refractivity contribution in [2.45, 2.75) is 78.0 Å². The Balaban J connectivity index is 1.55. The molecule has 0 spiro atoms. The van der Waals surface area contributed by atoms with Gasteiger partial charge in [0.05, 0.1) is 12.3 Å². The van der Waals surface area contributed by atoms with Crippen molar-refractivity contribution >= 4 is 12.1 Å². The highest BCUT2D eigenvalue weighted by atomic mass is 16.6. The summed E-state index contributed by atoms with van der Waals surface area (Å²) < 4.78 is 11.3. The molecule has 2 aliphatic rings. The molecule has 3 amide bonds. The number of hydrogen-bond donors (Lipinski definition) is 1. The molecule has 0 aliphatic carbocycles. The van der Waals surface area contributed by atoms with Crippen LogP contribution in [0.1, 0.15) is 72.1 Å². The molecule has 8 heteroatoms. The monoisotopic (exact) mass is 462 g/mol. The van der Waals surface area contributed by atoms with E-state index in [1.54, 1.807) is 11.2 Å². The highest BCUT2D eigenvalue weighted by molar-refractivity contribution is 5.74. The van der Waals surface area contributed by atoms with E-state index < -0.39 is 5.60 Å². The van der Waals surface area contributed by atoms with Crippen LogP contribution >= 0.6 is 0 Å². The van der Waals surface area contributed by atoms with Gasteiger partial charge in [0.25, 0.3) is 0 Å². The third-order valence-corrected chi connectivity index (χ3v) is 6.41. The summed E-state index contributed by atoms with van der Waals surface area (Å²) in [6.07, 6.45) is 5.71. The molecule has 1 aromatic rings. The van der Waals surface area contributed by atoms with Crippen LogP contribution in [-0.2, 0) is 4.74 Å². The molecule has 3 heterocycles. The van der Waals surface area contributed by atoms with E-state index in [1.807, 2.05) is 51.7 Å². The van der Waals surface area contributed by atoms with Gasteiger partial charge in [-0.3, -0.25) is 4.90 Å². The fraction of sp³-hybridized carbons (Fsp3) is 0.760. The molecule has 2 atom stereocenters. The summed E-state index contributed by atoms with van der Waals surface area (Å²) >= 11 is 0.